The number of benzene rings is 1. The van der Waals surface area contributed by atoms with Gasteiger partial charge in [-0.05, 0) is 69.5 Å². The van der Waals surface area contributed by atoms with E-state index in [9.17, 15) is 0 Å². The average molecular weight is 343 g/mol. The van der Waals surface area contributed by atoms with E-state index in [2.05, 4.69) is 82.7 Å². The predicted octanol–water partition coefficient (Wildman–Crippen LogP) is 5.22. The highest BCUT2D eigenvalue weighted by Gasteiger charge is 2.18. The van der Waals surface area contributed by atoms with E-state index >= 15 is 0 Å². The van der Waals surface area contributed by atoms with E-state index in [1.807, 2.05) is 11.8 Å². The van der Waals surface area contributed by atoms with Crippen LogP contribution >= 0.6 is 11.8 Å². The molecule has 1 heterocycles. The third kappa shape index (κ3) is 4.34. The van der Waals surface area contributed by atoms with Crippen molar-refractivity contribution in [3.63, 3.8) is 0 Å². The Bertz CT molecular complexity index is 681. The molecule has 1 aromatic carbocycles. The van der Waals surface area contributed by atoms with Gasteiger partial charge in [-0.25, -0.2) is 0 Å². The van der Waals surface area contributed by atoms with Crippen LogP contribution in [0.25, 0.3) is 5.70 Å². The molecule has 1 saturated heterocycles. The van der Waals surface area contributed by atoms with Crippen molar-refractivity contribution >= 4 is 17.5 Å². The maximum absolute atomic E-state index is 4.36. The first-order chi connectivity index (χ1) is 11.3. The minimum atomic E-state index is 0.701. The summed E-state index contributed by atoms with van der Waals surface area (Å²) >= 11 is 1.97. The van der Waals surface area contributed by atoms with E-state index in [1.54, 1.807) is 0 Å². The van der Waals surface area contributed by atoms with Gasteiger partial charge < -0.3 is 10.2 Å². The molecule has 0 saturated carbocycles. The van der Waals surface area contributed by atoms with Crippen molar-refractivity contribution in [2.24, 2.45) is 0 Å². The molecule has 1 aromatic rings. The van der Waals surface area contributed by atoms with E-state index in [0.29, 0.717) is 5.25 Å². The van der Waals surface area contributed by atoms with Crippen molar-refractivity contribution in [2.75, 3.05) is 20.1 Å². The second-order valence-corrected chi connectivity index (χ2v) is 7.99. The standard InChI is InChI=1S/C21H30N2S/c1-8-15(3)16(4)17(5)23(7)18(6)19-9-14(2)10-20(11-19)24-21-12-22-13-21/h8-11,21-22H,6,12-13H2,1-5,7H3/b15-8+,17-16-. The average Bonchev–Trinajstić information content (AvgIpc) is 2.54. The van der Waals surface area contributed by atoms with E-state index < -0.39 is 0 Å². The Balaban J connectivity index is 2.24. The number of rotatable bonds is 6. The summed E-state index contributed by atoms with van der Waals surface area (Å²) < 4.78 is 0. The zero-order valence-electron chi connectivity index (χ0n) is 15.9. The van der Waals surface area contributed by atoms with Crippen LogP contribution in [-0.2, 0) is 0 Å². The highest BCUT2D eigenvalue weighted by atomic mass is 32.2. The molecule has 1 N–H and O–H groups in total. The summed E-state index contributed by atoms with van der Waals surface area (Å²) in [4.78, 5) is 3.55. The van der Waals surface area contributed by atoms with E-state index in [-0.39, 0.29) is 0 Å². The lowest BCUT2D eigenvalue weighted by Crippen LogP contribution is -2.44. The maximum atomic E-state index is 4.36. The lowest BCUT2D eigenvalue weighted by atomic mass is 10.0. The summed E-state index contributed by atoms with van der Waals surface area (Å²) in [6, 6.07) is 6.78. The van der Waals surface area contributed by atoms with Crippen LogP contribution in [0.4, 0.5) is 0 Å². The first-order valence-electron chi connectivity index (χ1n) is 8.56. The van der Waals surface area contributed by atoms with Gasteiger partial charge >= 0.3 is 0 Å². The van der Waals surface area contributed by atoms with Gasteiger partial charge in [-0.15, -0.1) is 11.8 Å². The molecule has 1 aliphatic rings. The number of allylic oxidation sites excluding steroid dienone is 4. The first-order valence-corrected chi connectivity index (χ1v) is 9.44. The number of thioether (sulfide) groups is 1. The number of aryl methyl sites for hydroxylation is 1. The summed E-state index contributed by atoms with van der Waals surface area (Å²) in [5.74, 6) is 0. The summed E-state index contributed by atoms with van der Waals surface area (Å²) in [7, 11) is 2.11. The highest BCUT2D eigenvalue weighted by Crippen LogP contribution is 2.31. The van der Waals surface area contributed by atoms with Crippen LogP contribution in [-0.4, -0.2) is 30.3 Å². The van der Waals surface area contributed by atoms with Gasteiger partial charge in [0.25, 0.3) is 0 Å². The van der Waals surface area contributed by atoms with Gasteiger partial charge in [-0.2, -0.15) is 0 Å². The van der Waals surface area contributed by atoms with Crippen molar-refractivity contribution < 1.29 is 0 Å². The Labute approximate surface area is 151 Å². The number of hydrogen-bond donors (Lipinski definition) is 1. The molecule has 3 heteroatoms. The number of nitrogens with one attached hydrogen (secondary N) is 1. The Morgan fingerprint density at radius 1 is 1.25 bits per heavy atom. The fourth-order valence-electron chi connectivity index (χ4n) is 2.67. The van der Waals surface area contributed by atoms with E-state index in [0.717, 1.165) is 18.8 Å². The largest absolute Gasteiger partial charge is 0.348 e. The monoisotopic (exact) mass is 342 g/mol. The second kappa shape index (κ2) is 8.09. The normalized spacial score (nSPS) is 16.5. The summed E-state index contributed by atoms with van der Waals surface area (Å²) in [5, 5.41) is 4.04. The molecule has 0 spiro atoms. The smallest absolute Gasteiger partial charge is 0.0406 e. The summed E-state index contributed by atoms with van der Waals surface area (Å²) in [6.45, 7) is 17.3. The van der Waals surface area contributed by atoms with Crippen LogP contribution in [0.1, 0.15) is 38.8 Å². The Kier molecular flexibility index (Phi) is 6.36. The van der Waals surface area contributed by atoms with Crippen LogP contribution in [0, 0.1) is 6.92 Å². The van der Waals surface area contributed by atoms with Gasteiger partial charge in [0, 0.05) is 41.7 Å². The van der Waals surface area contributed by atoms with Crippen molar-refractivity contribution in [2.45, 2.75) is 44.8 Å². The minimum Gasteiger partial charge on any atom is -0.348 e. The van der Waals surface area contributed by atoms with Gasteiger partial charge in [0.2, 0.25) is 0 Å². The summed E-state index contributed by atoms with van der Waals surface area (Å²) in [6.07, 6.45) is 2.16. The van der Waals surface area contributed by atoms with Crippen molar-refractivity contribution in [3.8, 4) is 0 Å². The number of hydrogen-bond acceptors (Lipinski definition) is 3. The second-order valence-electron chi connectivity index (χ2n) is 6.62. The molecule has 0 unspecified atom stereocenters. The molecule has 0 amide bonds. The Morgan fingerprint density at radius 2 is 1.92 bits per heavy atom. The molecule has 1 fully saturated rings. The third-order valence-electron chi connectivity index (χ3n) is 4.91. The first kappa shape index (κ1) is 18.9. The SMILES string of the molecule is C=C(c1cc(C)cc(SC2CNC2)c1)N(C)/C(C)=C(C)\C(C)=C\C. The molecule has 2 rings (SSSR count). The van der Waals surface area contributed by atoms with Crippen LogP contribution < -0.4 is 5.32 Å². The summed E-state index contributed by atoms with van der Waals surface area (Å²) in [5.41, 5.74) is 7.41. The molecule has 24 heavy (non-hydrogen) atoms. The molecular weight excluding hydrogens is 312 g/mol. The fraction of sp³-hybridized carbons (Fsp3) is 0.429. The molecule has 0 aromatic heterocycles. The van der Waals surface area contributed by atoms with Gasteiger partial charge in [0.05, 0.1) is 0 Å². The molecule has 0 aliphatic carbocycles. The van der Waals surface area contributed by atoms with Crippen LogP contribution in [0.15, 0.2) is 52.6 Å². The lowest BCUT2D eigenvalue weighted by Gasteiger charge is -2.28. The Hall–Kier alpha value is -1.45. The minimum absolute atomic E-state index is 0.701. The zero-order chi connectivity index (χ0) is 17.9. The molecule has 1 aliphatic heterocycles. The van der Waals surface area contributed by atoms with Gasteiger partial charge in [-0.3, -0.25) is 0 Å². The van der Waals surface area contributed by atoms with Gasteiger partial charge in [0.1, 0.15) is 0 Å². The molecular formula is C21H30N2S. The maximum Gasteiger partial charge on any atom is 0.0406 e. The molecule has 0 radical (unpaired) electrons. The topological polar surface area (TPSA) is 15.3 Å². The van der Waals surface area contributed by atoms with Crippen LogP contribution in [0.5, 0.6) is 0 Å². The van der Waals surface area contributed by atoms with Crippen molar-refractivity contribution in [3.05, 3.63) is 58.8 Å². The van der Waals surface area contributed by atoms with Crippen LogP contribution in [0.3, 0.4) is 0 Å². The van der Waals surface area contributed by atoms with E-state index in [1.165, 1.54) is 32.9 Å². The van der Waals surface area contributed by atoms with Gasteiger partial charge in [-0.1, -0.05) is 18.2 Å². The van der Waals surface area contributed by atoms with Crippen molar-refractivity contribution in [1.29, 1.82) is 0 Å². The molecule has 0 bridgehead atoms. The highest BCUT2D eigenvalue weighted by molar-refractivity contribution is 8.00. The lowest BCUT2D eigenvalue weighted by molar-refractivity contribution is 0.544. The fourth-order valence-corrected chi connectivity index (χ4v) is 3.91. The molecule has 2 nitrogen and oxygen atoms in total. The van der Waals surface area contributed by atoms with Gasteiger partial charge in [0.15, 0.2) is 0 Å². The molecule has 130 valence electrons. The quantitative estimate of drug-likeness (QED) is 0.713. The molecule has 0 atom stereocenters. The Morgan fingerprint density at radius 3 is 2.46 bits per heavy atom. The predicted molar refractivity (Wildman–Crippen MR) is 108 cm³/mol. The zero-order valence-corrected chi connectivity index (χ0v) is 16.7. The van der Waals surface area contributed by atoms with Crippen molar-refractivity contribution in [1.82, 2.24) is 10.2 Å². The van der Waals surface area contributed by atoms with Crippen LogP contribution in [0.2, 0.25) is 0 Å². The third-order valence-corrected chi connectivity index (χ3v) is 6.08. The van der Waals surface area contributed by atoms with E-state index in [4.69, 9.17) is 0 Å². The number of nitrogens with zero attached hydrogens (tertiary/aromatic N) is 1.